The molecule has 0 spiro atoms. The molecule has 1 aliphatic rings. The van der Waals surface area contributed by atoms with Gasteiger partial charge in [-0.1, -0.05) is 20.4 Å². The van der Waals surface area contributed by atoms with Gasteiger partial charge in [-0.15, -0.1) is 0 Å². The lowest BCUT2D eigenvalue weighted by Crippen LogP contribution is -2.14. The van der Waals surface area contributed by atoms with E-state index in [0.29, 0.717) is 5.57 Å². The first kappa shape index (κ1) is 8.31. The number of ether oxygens (including phenoxy) is 1. The number of carbonyl (C=O) groups is 1. The first-order valence-electron chi connectivity index (χ1n) is 4.10. The second-order valence-corrected chi connectivity index (χ2v) is 2.89. The minimum absolute atomic E-state index is 0.0833. The van der Waals surface area contributed by atoms with Crippen LogP contribution in [0.2, 0.25) is 0 Å². The number of hydrogen-bond acceptors (Lipinski definition) is 2. The fourth-order valence-corrected chi connectivity index (χ4v) is 1.55. The molecule has 62 valence electrons. The number of carbonyl (C=O) groups excluding carboxylic acids is 1. The van der Waals surface area contributed by atoms with Crippen LogP contribution in [-0.2, 0) is 9.53 Å². The van der Waals surface area contributed by atoms with Crippen molar-refractivity contribution in [3.63, 3.8) is 0 Å². The Labute approximate surface area is 67.2 Å². The SMILES string of the molecule is C=C1C(=O)OC(CC)C1CC. The van der Waals surface area contributed by atoms with Gasteiger partial charge < -0.3 is 4.74 Å². The lowest BCUT2D eigenvalue weighted by Gasteiger charge is -2.12. The van der Waals surface area contributed by atoms with Gasteiger partial charge in [0.1, 0.15) is 6.10 Å². The molecule has 2 unspecified atom stereocenters. The third kappa shape index (κ3) is 1.30. The van der Waals surface area contributed by atoms with Gasteiger partial charge in [0, 0.05) is 11.5 Å². The number of rotatable bonds is 2. The first-order valence-corrected chi connectivity index (χ1v) is 4.10. The van der Waals surface area contributed by atoms with Gasteiger partial charge in [0.15, 0.2) is 0 Å². The maximum absolute atomic E-state index is 11.0. The van der Waals surface area contributed by atoms with Crippen LogP contribution < -0.4 is 0 Å². The van der Waals surface area contributed by atoms with Crippen LogP contribution in [0.1, 0.15) is 26.7 Å². The summed E-state index contributed by atoms with van der Waals surface area (Å²) in [5, 5.41) is 0. The highest BCUT2D eigenvalue weighted by molar-refractivity contribution is 5.90. The molecule has 0 aliphatic carbocycles. The Balaban J connectivity index is 2.72. The van der Waals surface area contributed by atoms with Gasteiger partial charge in [0.2, 0.25) is 0 Å². The smallest absolute Gasteiger partial charge is 0.334 e. The molecule has 1 heterocycles. The Morgan fingerprint density at radius 1 is 1.45 bits per heavy atom. The highest BCUT2D eigenvalue weighted by atomic mass is 16.6. The van der Waals surface area contributed by atoms with Crippen molar-refractivity contribution >= 4 is 5.97 Å². The summed E-state index contributed by atoms with van der Waals surface area (Å²) in [5.41, 5.74) is 0.652. The van der Waals surface area contributed by atoms with Crippen molar-refractivity contribution in [2.75, 3.05) is 0 Å². The van der Waals surface area contributed by atoms with Gasteiger partial charge in [-0.2, -0.15) is 0 Å². The summed E-state index contributed by atoms with van der Waals surface area (Å²) in [7, 11) is 0. The standard InChI is InChI=1S/C9H14O2/c1-4-7-6(3)9(10)11-8(7)5-2/h7-8H,3-5H2,1-2H3. The van der Waals surface area contributed by atoms with Crippen molar-refractivity contribution in [3.8, 4) is 0 Å². The molecule has 0 aromatic rings. The van der Waals surface area contributed by atoms with Gasteiger partial charge in [-0.25, -0.2) is 4.79 Å². The van der Waals surface area contributed by atoms with Crippen LogP contribution in [0.5, 0.6) is 0 Å². The molecule has 1 saturated heterocycles. The molecule has 0 saturated carbocycles. The van der Waals surface area contributed by atoms with E-state index >= 15 is 0 Å². The van der Waals surface area contributed by atoms with Crippen LogP contribution in [0.3, 0.4) is 0 Å². The number of hydrogen-bond donors (Lipinski definition) is 0. The van der Waals surface area contributed by atoms with Crippen LogP contribution >= 0.6 is 0 Å². The van der Waals surface area contributed by atoms with Crippen molar-refractivity contribution in [3.05, 3.63) is 12.2 Å². The predicted molar refractivity (Wildman–Crippen MR) is 43.1 cm³/mol. The minimum atomic E-state index is -0.205. The molecule has 11 heavy (non-hydrogen) atoms. The second kappa shape index (κ2) is 3.07. The van der Waals surface area contributed by atoms with Gasteiger partial charge in [-0.3, -0.25) is 0 Å². The molecule has 1 rings (SSSR count). The molecule has 0 amide bonds. The largest absolute Gasteiger partial charge is 0.458 e. The number of esters is 1. The summed E-state index contributed by atoms with van der Waals surface area (Å²) in [6.45, 7) is 7.79. The molecular formula is C9H14O2. The summed E-state index contributed by atoms with van der Waals surface area (Å²) in [5.74, 6) is 0.0520. The topological polar surface area (TPSA) is 26.3 Å². The Kier molecular flexibility index (Phi) is 2.32. The molecule has 2 nitrogen and oxygen atoms in total. The normalized spacial score (nSPS) is 30.7. The zero-order chi connectivity index (χ0) is 8.43. The lowest BCUT2D eigenvalue weighted by molar-refractivity contribution is -0.139. The fraction of sp³-hybridized carbons (Fsp3) is 0.667. The van der Waals surface area contributed by atoms with Crippen LogP contribution in [-0.4, -0.2) is 12.1 Å². The molecule has 1 fully saturated rings. The molecule has 1 aliphatic heterocycles. The van der Waals surface area contributed by atoms with E-state index in [-0.39, 0.29) is 18.0 Å². The third-order valence-electron chi connectivity index (χ3n) is 2.26. The van der Waals surface area contributed by atoms with Gasteiger partial charge >= 0.3 is 5.97 Å². The van der Waals surface area contributed by atoms with Gasteiger partial charge in [0.05, 0.1) is 0 Å². The van der Waals surface area contributed by atoms with Crippen LogP contribution in [0.15, 0.2) is 12.2 Å². The Morgan fingerprint density at radius 2 is 2.09 bits per heavy atom. The zero-order valence-electron chi connectivity index (χ0n) is 7.09. The quantitative estimate of drug-likeness (QED) is 0.448. The molecule has 0 radical (unpaired) electrons. The summed E-state index contributed by atoms with van der Waals surface area (Å²) in [6.07, 6.45) is 1.92. The van der Waals surface area contributed by atoms with Crippen LogP contribution in [0.25, 0.3) is 0 Å². The van der Waals surface area contributed by atoms with Crippen molar-refractivity contribution in [1.29, 1.82) is 0 Å². The van der Waals surface area contributed by atoms with Gasteiger partial charge in [-0.05, 0) is 12.8 Å². The lowest BCUT2D eigenvalue weighted by atomic mass is 9.93. The fourth-order valence-electron chi connectivity index (χ4n) is 1.55. The van der Waals surface area contributed by atoms with Crippen molar-refractivity contribution in [1.82, 2.24) is 0 Å². The highest BCUT2D eigenvalue weighted by Crippen LogP contribution is 2.30. The van der Waals surface area contributed by atoms with Crippen molar-refractivity contribution < 1.29 is 9.53 Å². The van der Waals surface area contributed by atoms with Crippen LogP contribution in [0.4, 0.5) is 0 Å². The summed E-state index contributed by atoms with van der Waals surface area (Å²) < 4.78 is 5.09. The molecule has 0 aromatic heterocycles. The van der Waals surface area contributed by atoms with E-state index in [9.17, 15) is 4.79 Å². The summed E-state index contributed by atoms with van der Waals surface area (Å²) >= 11 is 0. The monoisotopic (exact) mass is 154 g/mol. The molecule has 2 heteroatoms. The Morgan fingerprint density at radius 3 is 2.45 bits per heavy atom. The minimum Gasteiger partial charge on any atom is -0.458 e. The average Bonchev–Trinajstić information content (AvgIpc) is 2.28. The third-order valence-corrected chi connectivity index (χ3v) is 2.26. The van der Waals surface area contributed by atoms with E-state index in [0.717, 1.165) is 12.8 Å². The second-order valence-electron chi connectivity index (χ2n) is 2.89. The van der Waals surface area contributed by atoms with E-state index < -0.39 is 0 Å². The Bertz CT molecular complexity index is 184. The summed E-state index contributed by atoms with van der Waals surface area (Å²) in [4.78, 5) is 11.0. The maximum atomic E-state index is 11.0. The van der Waals surface area contributed by atoms with E-state index in [1.54, 1.807) is 0 Å². The van der Waals surface area contributed by atoms with Gasteiger partial charge in [0.25, 0.3) is 0 Å². The molecular weight excluding hydrogens is 140 g/mol. The van der Waals surface area contributed by atoms with E-state index in [1.165, 1.54) is 0 Å². The van der Waals surface area contributed by atoms with E-state index in [2.05, 4.69) is 13.5 Å². The molecule has 0 N–H and O–H groups in total. The van der Waals surface area contributed by atoms with Crippen molar-refractivity contribution in [2.24, 2.45) is 5.92 Å². The van der Waals surface area contributed by atoms with Crippen molar-refractivity contribution in [2.45, 2.75) is 32.8 Å². The molecule has 2 atom stereocenters. The summed E-state index contributed by atoms with van der Waals surface area (Å²) in [6, 6.07) is 0. The molecule has 0 bridgehead atoms. The average molecular weight is 154 g/mol. The highest BCUT2D eigenvalue weighted by Gasteiger charge is 2.35. The maximum Gasteiger partial charge on any atom is 0.334 e. The predicted octanol–water partition coefficient (Wildman–Crippen LogP) is 1.90. The van der Waals surface area contributed by atoms with Crippen LogP contribution in [0, 0.1) is 5.92 Å². The first-order chi connectivity index (χ1) is 5.20. The Hall–Kier alpha value is -0.790. The molecule has 0 aromatic carbocycles. The zero-order valence-corrected chi connectivity index (χ0v) is 7.09. The number of cyclic esters (lactones) is 1. The van der Waals surface area contributed by atoms with E-state index in [1.807, 2.05) is 6.92 Å². The van der Waals surface area contributed by atoms with E-state index in [4.69, 9.17) is 4.74 Å².